The Morgan fingerprint density at radius 2 is 1.74 bits per heavy atom. The Balaban J connectivity index is 2.05. The van der Waals surface area contributed by atoms with Crippen LogP contribution in [0.15, 0.2) is 18.2 Å². The first kappa shape index (κ1) is 13.1. The van der Waals surface area contributed by atoms with Crippen LogP contribution in [-0.4, -0.2) is 53.1 Å². The van der Waals surface area contributed by atoms with E-state index in [0.29, 0.717) is 13.1 Å². The maximum atomic E-state index is 13.3. The van der Waals surface area contributed by atoms with Crippen LogP contribution in [0, 0.1) is 5.82 Å². The van der Waals surface area contributed by atoms with Crippen molar-refractivity contribution in [3.05, 3.63) is 29.6 Å². The molecule has 0 bridgehead atoms. The average Bonchev–Trinajstić information content (AvgIpc) is 2.41. The van der Waals surface area contributed by atoms with Gasteiger partial charge >= 0.3 is 6.09 Å². The van der Waals surface area contributed by atoms with Gasteiger partial charge in [-0.2, -0.15) is 0 Å². The lowest BCUT2D eigenvalue weighted by Crippen LogP contribution is -2.50. The van der Waals surface area contributed by atoms with Gasteiger partial charge in [-0.3, -0.25) is 4.79 Å². The molecule has 102 valence electrons. The summed E-state index contributed by atoms with van der Waals surface area (Å²) >= 11 is 0. The predicted octanol–water partition coefficient (Wildman–Crippen LogP) is 0.844. The van der Waals surface area contributed by atoms with Gasteiger partial charge in [-0.15, -0.1) is 0 Å². The summed E-state index contributed by atoms with van der Waals surface area (Å²) in [5, 5.41) is 8.81. The fourth-order valence-corrected chi connectivity index (χ4v) is 1.94. The number of hydrogen-bond donors (Lipinski definition) is 2. The molecule has 1 aliphatic heterocycles. The summed E-state index contributed by atoms with van der Waals surface area (Å²) in [6.45, 7) is 1.13. The Morgan fingerprint density at radius 1 is 1.16 bits per heavy atom. The molecule has 1 aliphatic rings. The first-order valence-corrected chi connectivity index (χ1v) is 5.81. The van der Waals surface area contributed by atoms with E-state index < -0.39 is 11.9 Å². The highest BCUT2D eigenvalue weighted by Crippen LogP contribution is 2.15. The predicted molar refractivity (Wildman–Crippen MR) is 66.3 cm³/mol. The van der Waals surface area contributed by atoms with E-state index in [-0.39, 0.29) is 30.2 Å². The van der Waals surface area contributed by atoms with Gasteiger partial charge in [0, 0.05) is 31.7 Å². The number of carboxylic acid groups (broad SMARTS) is 1. The van der Waals surface area contributed by atoms with Gasteiger partial charge in [0.05, 0.1) is 5.69 Å². The molecule has 1 fully saturated rings. The van der Waals surface area contributed by atoms with Crippen molar-refractivity contribution in [2.75, 3.05) is 31.9 Å². The van der Waals surface area contributed by atoms with Gasteiger partial charge in [0.2, 0.25) is 0 Å². The summed E-state index contributed by atoms with van der Waals surface area (Å²) < 4.78 is 13.3. The second kappa shape index (κ2) is 5.13. The Labute approximate surface area is 109 Å². The number of nitrogens with zero attached hydrogens (tertiary/aromatic N) is 2. The van der Waals surface area contributed by atoms with Crippen LogP contribution in [-0.2, 0) is 0 Å². The monoisotopic (exact) mass is 267 g/mol. The summed E-state index contributed by atoms with van der Waals surface area (Å²) in [5.74, 6) is -0.945. The Morgan fingerprint density at radius 3 is 2.26 bits per heavy atom. The second-order valence-corrected chi connectivity index (χ2v) is 4.30. The molecule has 0 saturated carbocycles. The topological polar surface area (TPSA) is 86.9 Å². The Hall–Kier alpha value is -2.31. The van der Waals surface area contributed by atoms with E-state index in [1.165, 1.54) is 21.9 Å². The highest BCUT2D eigenvalue weighted by molar-refractivity contribution is 5.94. The lowest BCUT2D eigenvalue weighted by molar-refractivity contribution is 0.0624. The quantitative estimate of drug-likeness (QED) is 0.738. The normalized spacial score (nSPS) is 15.4. The molecule has 0 aromatic heterocycles. The minimum atomic E-state index is -0.995. The molecule has 1 heterocycles. The van der Waals surface area contributed by atoms with Gasteiger partial charge in [-0.05, 0) is 18.2 Å². The molecule has 3 N–H and O–H groups in total. The number of piperazine rings is 1. The summed E-state index contributed by atoms with van der Waals surface area (Å²) in [6.07, 6.45) is -0.995. The molecule has 7 heteroatoms. The van der Waals surface area contributed by atoms with Crippen molar-refractivity contribution >= 4 is 17.7 Å². The van der Waals surface area contributed by atoms with E-state index in [1.807, 2.05) is 0 Å². The minimum absolute atomic E-state index is 0.00718. The molecule has 19 heavy (non-hydrogen) atoms. The standard InChI is InChI=1S/C12H14FN3O3/c13-9-7-8(1-2-10(9)14)11(17)15-3-5-16(6-4-15)12(18)19/h1-2,7H,3-6,14H2,(H,18,19). The molecule has 0 spiro atoms. The van der Waals surface area contributed by atoms with Crippen LogP contribution in [0.1, 0.15) is 10.4 Å². The number of carbonyl (C=O) groups excluding carboxylic acids is 1. The summed E-state index contributed by atoms with van der Waals surface area (Å²) in [6, 6.07) is 3.90. The first-order valence-electron chi connectivity index (χ1n) is 5.81. The van der Waals surface area contributed by atoms with Crippen LogP contribution >= 0.6 is 0 Å². The molecule has 0 atom stereocenters. The number of carbonyl (C=O) groups is 2. The average molecular weight is 267 g/mol. The van der Waals surface area contributed by atoms with E-state index in [4.69, 9.17) is 10.8 Å². The van der Waals surface area contributed by atoms with Gasteiger partial charge in [0.15, 0.2) is 0 Å². The number of halogens is 1. The zero-order valence-corrected chi connectivity index (χ0v) is 10.2. The Bertz CT molecular complexity index is 513. The number of anilines is 1. The molecule has 1 saturated heterocycles. The maximum Gasteiger partial charge on any atom is 0.407 e. The van der Waals surface area contributed by atoms with E-state index >= 15 is 0 Å². The van der Waals surface area contributed by atoms with Crippen molar-refractivity contribution in [3.63, 3.8) is 0 Å². The SMILES string of the molecule is Nc1ccc(C(=O)N2CCN(C(=O)O)CC2)cc1F. The highest BCUT2D eigenvalue weighted by Gasteiger charge is 2.24. The fraction of sp³-hybridized carbons (Fsp3) is 0.333. The molecule has 6 nitrogen and oxygen atoms in total. The van der Waals surface area contributed by atoms with Crippen LogP contribution in [0.4, 0.5) is 14.9 Å². The number of amides is 2. The van der Waals surface area contributed by atoms with Gasteiger partial charge in [0.1, 0.15) is 5.82 Å². The highest BCUT2D eigenvalue weighted by atomic mass is 19.1. The number of nitrogens with two attached hydrogens (primary N) is 1. The zero-order chi connectivity index (χ0) is 14.0. The number of nitrogen functional groups attached to an aromatic ring is 1. The third-order valence-corrected chi connectivity index (χ3v) is 3.08. The van der Waals surface area contributed by atoms with Crippen molar-refractivity contribution in [1.29, 1.82) is 0 Å². The van der Waals surface area contributed by atoms with Gasteiger partial charge < -0.3 is 20.6 Å². The maximum absolute atomic E-state index is 13.3. The van der Waals surface area contributed by atoms with Crippen LogP contribution in [0.2, 0.25) is 0 Å². The fourth-order valence-electron chi connectivity index (χ4n) is 1.94. The van der Waals surface area contributed by atoms with Gasteiger partial charge in [-0.1, -0.05) is 0 Å². The third kappa shape index (κ3) is 2.75. The molecule has 0 aliphatic carbocycles. The third-order valence-electron chi connectivity index (χ3n) is 3.08. The lowest BCUT2D eigenvalue weighted by atomic mass is 10.1. The summed E-state index contributed by atoms with van der Waals surface area (Å²) in [4.78, 5) is 25.6. The van der Waals surface area contributed by atoms with Gasteiger partial charge in [0.25, 0.3) is 5.91 Å². The van der Waals surface area contributed by atoms with Crippen molar-refractivity contribution in [1.82, 2.24) is 9.80 Å². The largest absolute Gasteiger partial charge is 0.465 e. The van der Waals surface area contributed by atoms with Crippen LogP contribution in [0.3, 0.4) is 0 Å². The Kier molecular flexibility index (Phi) is 3.55. The second-order valence-electron chi connectivity index (χ2n) is 4.30. The lowest BCUT2D eigenvalue weighted by Gasteiger charge is -2.33. The molecule has 1 aromatic carbocycles. The van der Waals surface area contributed by atoms with E-state index in [2.05, 4.69) is 0 Å². The van der Waals surface area contributed by atoms with E-state index in [1.54, 1.807) is 0 Å². The molecular formula is C12H14FN3O3. The first-order chi connectivity index (χ1) is 8.99. The van der Waals surface area contributed by atoms with E-state index in [0.717, 1.165) is 6.07 Å². The van der Waals surface area contributed by atoms with Crippen LogP contribution in [0.5, 0.6) is 0 Å². The van der Waals surface area contributed by atoms with Crippen molar-refractivity contribution in [2.24, 2.45) is 0 Å². The molecule has 0 radical (unpaired) electrons. The molecule has 2 rings (SSSR count). The molecule has 2 amide bonds. The smallest absolute Gasteiger partial charge is 0.407 e. The minimum Gasteiger partial charge on any atom is -0.465 e. The molecule has 1 aromatic rings. The number of rotatable bonds is 1. The van der Waals surface area contributed by atoms with Crippen molar-refractivity contribution in [2.45, 2.75) is 0 Å². The summed E-state index contributed by atoms with van der Waals surface area (Å²) in [5.41, 5.74) is 5.56. The number of benzene rings is 1. The molecule has 0 unspecified atom stereocenters. The molecular weight excluding hydrogens is 253 g/mol. The van der Waals surface area contributed by atoms with Gasteiger partial charge in [-0.25, -0.2) is 9.18 Å². The summed E-state index contributed by atoms with van der Waals surface area (Å²) in [7, 11) is 0. The van der Waals surface area contributed by atoms with Crippen molar-refractivity contribution in [3.8, 4) is 0 Å². The number of hydrogen-bond acceptors (Lipinski definition) is 3. The zero-order valence-electron chi connectivity index (χ0n) is 10.2. The van der Waals surface area contributed by atoms with Crippen LogP contribution < -0.4 is 5.73 Å². The van der Waals surface area contributed by atoms with E-state index in [9.17, 15) is 14.0 Å². The van der Waals surface area contributed by atoms with Crippen molar-refractivity contribution < 1.29 is 19.1 Å². The van der Waals surface area contributed by atoms with Crippen LogP contribution in [0.25, 0.3) is 0 Å².